The van der Waals surface area contributed by atoms with Crippen LogP contribution >= 0.6 is 0 Å². The highest BCUT2D eigenvalue weighted by molar-refractivity contribution is 5.76. The molecule has 2 saturated heterocycles. The molecular weight excluding hydrogens is 320 g/mol. The Bertz CT molecular complexity index is 712. The van der Waals surface area contributed by atoms with E-state index in [2.05, 4.69) is 20.0 Å². The van der Waals surface area contributed by atoms with E-state index in [1.807, 2.05) is 13.0 Å². The van der Waals surface area contributed by atoms with Gasteiger partial charge in [-0.25, -0.2) is 0 Å². The van der Waals surface area contributed by atoms with Gasteiger partial charge in [-0.05, 0) is 44.4 Å². The van der Waals surface area contributed by atoms with Gasteiger partial charge in [0.15, 0.2) is 5.76 Å². The first-order chi connectivity index (χ1) is 12.3. The number of aromatic nitrogens is 2. The van der Waals surface area contributed by atoms with Crippen molar-refractivity contribution in [3.8, 4) is 11.7 Å². The Morgan fingerprint density at radius 2 is 2.08 bits per heavy atom. The molecule has 0 bridgehead atoms. The number of likely N-dealkylation sites (tertiary alicyclic amines) is 2. The molecule has 2 aromatic heterocycles. The molecule has 0 spiro atoms. The third kappa shape index (κ3) is 3.20. The number of rotatable bonds is 5. The highest BCUT2D eigenvalue weighted by Crippen LogP contribution is 2.31. The number of carbonyl (C=O) groups is 1. The fourth-order valence-electron chi connectivity index (χ4n) is 4.18. The van der Waals surface area contributed by atoms with Gasteiger partial charge in [-0.3, -0.25) is 9.69 Å². The maximum atomic E-state index is 12.2. The van der Waals surface area contributed by atoms with Crippen molar-refractivity contribution in [3.05, 3.63) is 24.3 Å². The van der Waals surface area contributed by atoms with Crippen molar-refractivity contribution in [1.29, 1.82) is 0 Å². The van der Waals surface area contributed by atoms with Crippen molar-refractivity contribution in [2.24, 2.45) is 0 Å². The van der Waals surface area contributed by atoms with Crippen LogP contribution in [0, 0.1) is 0 Å². The van der Waals surface area contributed by atoms with E-state index in [0.29, 0.717) is 42.6 Å². The Labute approximate surface area is 147 Å². The van der Waals surface area contributed by atoms with Gasteiger partial charge in [0.2, 0.25) is 11.8 Å². The van der Waals surface area contributed by atoms with Crippen molar-refractivity contribution in [2.45, 2.75) is 57.7 Å². The van der Waals surface area contributed by atoms with Gasteiger partial charge in [-0.1, -0.05) is 6.92 Å². The zero-order valence-electron chi connectivity index (χ0n) is 14.6. The minimum Gasteiger partial charge on any atom is -0.459 e. The molecule has 7 nitrogen and oxygen atoms in total. The SMILES string of the molecule is CCC(=O)N1CCC[C@@H]1[C@@H]1CCCN1Cc1nnc(-c2ccco2)o1. The minimum atomic E-state index is 0.271. The number of hydrogen-bond acceptors (Lipinski definition) is 6. The number of furan rings is 1. The Hall–Kier alpha value is -2.15. The van der Waals surface area contributed by atoms with E-state index in [9.17, 15) is 4.79 Å². The van der Waals surface area contributed by atoms with Crippen LogP contribution < -0.4 is 0 Å². The third-order valence-corrected chi connectivity index (χ3v) is 5.32. The first-order valence-corrected chi connectivity index (χ1v) is 9.16. The summed E-state index contributed by atoms with van der Waals surface area (Å²) in [6, 6.07) is 4.32. The number of amides is 1. The summed E-state index contributed by atoms with van der Waals surface area (Å²) in [7, 11) is 0. The molecule has 0 aliphatic carbocycles. The molecule has 2 aliphatic rings. The zero-order valence-corrected chi connectivity index (χ0v) is 14.6. The van der Waals surface area contributed by atoms with Crippen LogP contribution in [0.3, 0.4) is 0 Å². The van der Waals surface area contributed by atoms with Crippen molar-refractivity contribution in [2.75, 3.05) is 13.1 Å². The van der Waals surface area contributed by atoms with Crippen molar-refractivity contribution in [3.63, 3.8) is 0 Å². The average Bonchev–Trinajstić information content (AvgIpc) is 3.38. The molecule has 0 saturated carbocycles. The number of carbonyl (C=O) groups excluding carboxylic acids is 1. The van der Waals surface area contributed by atoms with Crippen LogP contribution in [-0.4, -0.2) is 51.1 Å². The first kappa shape index (κ1) is 16.3. The molecule has 2 fully saturated rings. The van der Waals surface area contributed by atoms with E-state index in [0.717, 1.165) is 38.8 Å². The Morgan fingerprint density at radius 1 is 1.24 bits per heavy atom. The lowest BCUT2D eigenvalue weighted by Crippen LogP contribution is -2.47. The largest absolute Gasteiger partial charge is 0.459 e. The summed E-state index contributed by atoms with van der Waals surface area (Å²) in [6.45, 7) is 4.47. The molecule has 4 heterocycles. The van der Waals surface area contributed by atoms with Crippen LogP contribution in [0.25, 0.3) is 11.7 Å². The van der Waals surface area contributed by atoms with Gasteiger partial charge in [-0.15, -0.1) is 10.2 Å². The average molecular weight is 344 g/mol. The maximum absolute atomic E-state index is 12.2. The van der Waals surface area contributed by atoms with Crippen LogP contribution in [0.2, 0.25) is 0 Å². The molecule has 0 radical (unpaired) electrons. The van der Waals surface area contributed by atoms with E-state index in [-0.39, 0.29) is 5.91 Å². The molecular formula is C18H24N4O3. The Balaban J connectivity index is 1.46. The fraction of sp³-hybridized carbons (Fsp3) is 0.611. The molecule has 134 valence electrons. The molecule has 25 heavy (non-hydrogen) atoms. The normalized spacial score (nSPS) is 24.3. The molecule has 2 aliphatic heterocycles. The predicted octanol–water partition coefficient (Wildman–Crippen LogP) is 2.70. The van der Waals surface area contributed by atoms with Gasteiger partial charge >= 0.3 is 0 Å². The molecule has 1 amide bonds. The monoisotopic (exact) mass is 344 g/mol. The van der Waals surface area contributed by atoms with E-state index in [4.69, 9.17) is 8.83 Å². The molecule has 2 atom stereocenters. The van der Waals surface area contributed by atoms with E-state index in [1.54, 1.807) is 12.3 Å². The topological polar surface area (TPSA) is 75.6 Å². The summed E-state index contributed by atoms with van der Waals surface area (Å²) in [4.78, 5) is 16.7. The van der Waals surface area contributed by atoms with Crippen LogP contribution in [0.1, 0.15) is 44.9 Å². The predicted molar refractivity (Wildman–Crippen MR) is 90.5 cm³/mol. The summed E-state index contributed by atoms with van der Waals surface area (Å²) in [6.07, 6.45) is 6.64. The second-order valence-corrected chi connectivity index (χ2v) is 6.81. The third-order valence-electron chi connectivity index (χ3n) is 5.32. The Kier molecular flexibility index (Phi) is 4.57. The second kappa shape index (κ2) is 7.00. The summed E-state index contributed by atoms with van der Waals surface area (Å²) in [5.41, 5.74) is 0. The van der Waals surface area contributed by atoms with Crippen molar-refractivity contribution >= 4 is 5.91 Å². The molecule has 7 heteroatoms. The molecule has 0 aromatic carbocycles. The van der Waals surface area contributed by atoms with Gasteiger partial charge in [0, 0.05) is 25.0 Å². The van der Waals surface area contributed by atoms with Crippen molar-refractivity contribution in [1.82, 2.24) is 20.0 Å². The maximum Gasteiger partial charge on any atom is 0.283 e. The molecule has 0 N–H and O–H groups in total. The van der Waals surface area contributed by atoms with Gasteiger partial charge < -0.3 is 13.7 Å². The van der Waals surface area contributed by atoms with Crippen molar-refractivity contribution < 1.29 is 13.6 Å². The van der Waals surface area contributed by atoms with Gasteiger partial charge in [0.25, 0.3) is 5.89 Å². The summed E-state index contributed by atoms with van der Waals surface area (Å²) >= 11 is 0. The van der Waals surface area contributed by atoms with E-state index >= 15 is 0 Å². The van der Waals surface area contributed by atoms with Crippen LogP contribution in [0.5, 0.6) is 0 Å². The fourth-order valence-corrected chi connectivity index (χ4v) is 4.18. The summed E-state index contributed by atoms with van der Waals surface area (Å²) in [5.74, 6) is 1.88. The number of nitrogens with zero attached hydrogens (tertiary/aromatic N) is 4. The zero-order chi connectivity index (χ0) is 17.2. The standard InChI is InChI=1S/C18H24N4O3/c1-2-17(23)22-10-4-7-14(22)13-6-3-9-21(13)12-16-19-20-18(25-16)15-8-5-11-24-15/h5,8,11,13-14H,2-4,6-7,9-10,12H2,1H3/t13-,14+/m0/s1. The first-order valence-electron chi connectivity index (χ1n) is 9.16. The quantitative estimate of drug-likeness (QED) is 0.830. The van der Waals surface area contributed by atoms with Crippen LogP contribution in [0.4, 0.5) is 0 Å². The van der Waals surface area contributed by atoms with Gasteiger partial charge in [0.1, 0.15) is 0 Å². The molecule has 2 aromatic rings. The van der Waals surface area contributed by atoms with Gasteiger partial charge in [-0.2, -0.15) is 0 Å². The number of hydrogen-bond donors (Lipinski definition) is 0. The lowest BCUT2D eigenvalue weighted by atomic mass is 10.0. The van der Waals surface area contributed by atoms with Gasteiger partial charge in [0.05, 0.1) is 12.8 Å². The lowest BCUT2D eigenvalue weighted by molar-refractivity contribution is -0.132. The molecule has 4 rings (SSSR count). The summed E-state index contributed by atoms with van der Waals surface area (Å²) < 4.78 is 11.1. The smallest absolute Gasteiger partial charge is 0.283 e. The lowest BCUT2D eigenvalue weighted by Gasteiger charge is -2.34. The molecule has 0 unspecified atom stereocenters. The second-order valence-electron chi connectivity index (χ2n) is 6.81. The van der Waals surface area contributed by atoms with E-state index < -0.39 is 0 Å². The summed E-state index contributed by atoms with van der Waals surface area (Å²) in [5, 5.41) is 8.25. The van der Waals surface area contributed by atoms with Crippen LogP contribution in [-0.2, 0) is 11.3 Å². The highest BCUT2D eigenvalue weighted by atomic mass is 16.4. The van der Waals surface area contributed by atoms with Crippen LogP contribution in [0.15, 0.2) is 27.2 Å². The van der Waals surface area contributed by atoms with E-state index in [1.165, 1.54) is 0 Å². The highest BCUT2D eigenvalue weighted by Gasteiger charge is 2.39. The minimum absolute atomic E-state index is 0.271. The Morgan fingerprint density at radius 3 is 2.88 bits per heavy atom.